The molecule has 2 aromatic carbocycles. The number of hydrogen-bond donors (Lipinski definition) is 1. The minimum Gasteiger partial charge on any atom is -0.363 e. The molecule has 0 radical (unpaired) electrons. The summed E-state index contributed by atoms with van der Waals surface area (Å²) in [5, 5.41) is 11.6. The summed E-state index contributed by atoms with van der Waals surface area (Å²) in [5.74, 6) is -0.665. The number of carbonyl (C=O) groups excluding carboxylic acids is 1. The number of allylic oxidation sites excluding steroid dienone is 3. The molecule has 0 saturated carbocycles. The second kappa shape index (κ2) is 5.42. The maximum absolute atomic E-state index is 13.3. The van der Waals surface area contributed by atoms with E-state index in [1.165, 1.54) is 29.2 Å². The molecular weight excluding hydrogens is 305 g/mol. The fourth-order valence-corrected chi connectivity index (χ4v) is 3.47. The summed E-state index contributed by atoms with van der Waals surface area (Å²) in [6, 6.07) is 12.7. The normalized spacial score (nSPS) is 22.5. The van der Waals surface area contributed by atoms with E-state index < -0.39 is 5.72 Å². The van der Waals surface area contributed by atoms with Gasteiger partial charge in [0.15, 0.2) is 5.72 Å². The number of aliphatic hydroxyl groups is 1. The van der Waals surface area contributed by atoms with Gasteiger partial charge in [-0.3, -0.25) is 9.69 Å². The monoisotopic (exact) mass is 321 g/mol. The van der Waals surface area contributed by atoms with Crippen molar-refractivity contribution in [3.05, 3.63) is 89.3 Å². The van der Waals surface area contributed by atoms with Crippen LogP contribution in [0.15, 0.2) is 72.3 Å². The molecule has 0 aromatic heterocycles. The fourth-order valence-electron chi connectivity index (χ4n) is 3.47. The summed E-state index contributed by atoms with van der Waals surface area (Å²) in [5.41, 5.74) is 0.722. The van der Waals surface area contributed by atoms with Crippen LogP contribution in [0.4, 0.5) is 10.1 Å². The van der Waals surface area contributed by atoms with E-state index in [-0.39, 0.29) is 11.7 Å². The maximum atomic E-state index is 13.3. The highest BCUT2D eigenvalue weighted by Gasteiger charge is 2.51. The Labute approximate surface area is 139 Å². The number of amides is 1. The van der Waals surface area contributed by atoms with Gasteiger partial charge in [-0.05, 0) is 48.7 Å². The van der Waals surface area contributed by atoms with E-state index in [4.69, 9.17) is 0 Å². The number of benzene rings is 2. The van der Waals surface area contributed by atoms with Crippen molar-refractivity contribution in [3.8, 4) is 0 Å². The summed E-state index contributed by atoms with van der Waals surface area (Å²) in [6.45, 7) is 0. The summed E-state index contributed by atoms with van der Waals surface area (Å²) in [6.07, 6.45) is 7.24. The topological polar surface area (TPSA) is 40.5 Å². The molecule has 1 aliphatic carbocycles. The van der Waals surface area contributed by atoms with Crippen molar-refractivity contribution in [1.29, 1.82) is 0 Å². The molecule has 120 valence electrons. The summed E-state index contributed by atoms with van der Waals surface area (Å²) < 4.78 is 13.3. The number of rotatable bonds is 2. The van der Waals surface area contributed by atoms with Crippen LogP contribution in [0.25, 0.3) is 0 Å². The van der Waals surface area contributed by atoms with Crippen LogP contribution in [0, 0.1) is 5.82 Å². The molecule has 2 aliphatic rings. The van der Waals surface area contributed by atoms with Crippen LogP contribution in [0.3, 0.4) is 0 Å². The number of nitrogens with zero attached hydrogens (tertiary/aromatic N) is 1. The molecule has 1 aliphatic heterocycles. The van der Waals surface area contributed by atoms with Crippen molar-refractivity contribution in [3.63, 3.8) is 0 Å². The third kappa shape index (κ3) is 2.03. The summed E-state index contributed by atoms with van der Waals surface area (Å²) in [4.78, 5) is 14.3. The van der Waals surface area contributed by atoms with E-state index in [0.717, 1.165) is 12.0 Å². The number of anilines is 1. The molecule has 1 unspecified atom stereocenters. The quantitative estimate of drug-likeness (QED) is 0.911. The maximum Gasteiger partial charge on any atom is 0.261 e. The van der Waals surface area contributed by atoms with Gasteiger partial charge >= 0.3 is 0 Å². The SMILES string of the molecule is O=C1c2ccccc2C(O)(C2=CC=CCC2)N1c1ccc(F)cc1. The first kappa shape index (κ1) is 14.8. The van der Waals surface area contributed by atoms with E-state index in [0.29, 0.717) is 23.2 Å². The fraction of sp³-hybridized carbons (Fsp3) is 0.150. The van der Waals surface area contributed by atoms with Crippen LogP contribution in [0.2, 0.25) is 0 Å². The summed E-state index contributed by atoms with van der Waals surface area (Å²) >= 11 is 0. The Kier molecular flexibility index (Phi) is 3.36. The number of hydrogen-bond acceptors (Lipinski definition) is 2. The second-order valence-corrected chi connectivity index (χ2v) is 5.99. The Hall–Kier alpha value is -2.72. The smallest absolute Gasteiger partial charge is 0.261 e. The lowest BCUT2D eigenvalue weighted by Gasteiger charge is -2.37. The molecular formula is C20H16FNO2. The van der Waals surface area contributed by atoms with Gasteiger partial charge < -0.3 is 5.11 Å². The van der Waals surface area contributed by atoms with Crippen LogP contribution in [0.1, 0.15) is 28.8 Å². The number of halogens is 1. The Morgan fingerprint density at radius 3 is 2.54 bits per heavy atom. The minimum absolute atomic E-state index is 0.282. The standard InChI is InChI=1S/C20H16FNO2/c21-15-10-12-16(13-11-15)22-19(23)17-8-4-5-9-18(17)20(22,24)14-6-2-1-3-7-14/h1-2,4-6,8-13,24H,3,7H2. The van der Waals surface area contributed by atoms with Gasteiger partial charge in [-0.1, -0.05) is 36.4 Å². The van der Waals surface area contributed by atoms with E-state index in [9.17, 15) is 14.3 Å². The molecule has 0 fully saturated rings. The highest BCUT2D eigenvalue weighted by molar-refractivity contribution is 6.12. The average molecular weight is 321 g/mol. The van der Waals surface area contributed by atoms with E-state index in [2.05, 4.69) is 0 Å². The largest absolute Gasteiger partial charge is 0.363 e. The highest BCUT2D eigenvalue weighted by Crippen LogP contribution is 2.46. The first-order valence-electron chi connectivity index (χ1n) is 7.90. The van der Waals surface area contributed by atoms with Crippen LogP contribution < -0.4 is 4.90 Å². The van der Waals surface area contributed by atoms with Gasteiger partial charge in [-0.2, -0.15) is 0 Å². The van der Waals surface area contributed by atoms with Gasteiger partial charge in [0.25, 0.3) is 5.91 Å². The third-order valence-electron chi connectivity index (χ3n) is 4.61. The molecule has 0 bridgehead atoms. The Morgan fingerprint density at radius 1 is 1.08 bits per heavy atom. The Balaban J connectivity index is 1.94. The van der Waals surface area contributed by atoms with E-state index in [1.807, 2.05) is 24.3 Å². The van der Waals surface area contributed by atoms with Gasteiger partial charge in [0.1, 0.15) is 5.82 Å². The predicted octanol–water partition coefficient (Wildman–Crippen LogP) is 3.91. The third-order valence-corrected chi connectivity index (χ3v) is 4.61. The predicted molar refractivity (Wildman–Crippen MR) is 90.0 cm³/mol. The molecule has 24 heavy (non-hydrogen) atoms. The molecule has 1 N–H and O–H groups in total. The second-order valence-electron chi connectivity index (χ2n) is 5.99. The van der Waals surface area contributed by atoms with Crippen molar-refractivity contribution < 1.29 is 14.3 Å². The van der Waals surface area contributed by atoms with Crippen molar-refractivity contribution in [2.45, 2.75) is 18.6 Å². The van der Waals surface area contributed by atoms with Crippen LogP contribution in [0.5, 0.6) is 0 Å². The Bertz CT molecular complexity index is 869. The molecule has 4 rings (SSSR count). The molecule has 2 aromatic rings. The lowest BCUT2D eigenvalue weighted by Crippen LogP contribution is -2.45. The van der Waals surface area contributed by atoms with E-state index in [1.54, 1.807) is 18.2 Å². The first-order valence-corrected chi connectivity index (χ1v) is 7.90. The van der Waals surface area contributed by atoms with Crippen LogP contribution in [-0.4, -0.2) is 11.0 Å². The van der Waals surface area contributed by atoms with Crippen molar-refractivity contribution >= 4 is 11.6 Å². The Morgan fingerprint density at radius 2 is 1.83 bits per heavy atom. The molecule has 3 nitrogen and oxygen atoms in total. The number of fused-ring (bicyclic) bond motifs is 1. The van der Waals surface area contributed by atoms with Gasteiger partial charge in [-0.25, -0.2) is 4.39 Å². The number of carbonyl (C=O) groups is 1. The molecule has 1 atom stereocenters. The molecule has 1 amide bonds. The van der Waals surface area contributed by atoms with E-state index >= 15 is 0 Å². The van der Waals surface area contributed by atoms with Gasteiger partial charge in [0.05, 0.1) is 0 Å². The first-order chi connectivity index (χ1) is 11.6. The average Bonchev–Trinajstić information content (AvgIpc) is 2.86. The van der Waals surface area contributed by atoms with Gasteiger partial charge in [-0.15, -0.1) is 0 Å². The lowest BCUT2D eigenvalue weighted by molar-refractivity contribution is 0.0654. The van der Waals surface area contributed by atoms with Crippen molar-refractivity contribution in [2.75, 3.05) is 4.90 Å². The molecule has 0 spiro atoms. The highest BCUT2D eigenvalue weighted by atomic mass is 19.1. The van der Waals surface area contributed by atoms with Crippen LogP contribution in [-0.2, 0) is 5.72 Å². The zero-order chi connectivity index (χ0) is 16.7. The van der Waals surface area contributed by atoms with Gasteiger partial charge in [0.2, 0.25) is 0 Å². The van der Waals surface area contributed by atoms with Gasteiger partial charge in [0, 0.05) is 16.8 Å². The van der Waals surface area contributed by atoms with Crippen molar-refractivity contribution in [1.82, 2.24) is 0 Å². The zero-order valence-electron chi connectivity index (χ0n) is 12.9. The minimum atomic E-state index is -1.55. The zero-order valence-corrected chi connectivity index (χ0v) is 12.9. The molecule has 4 heteroatoms. The van der Waals surface area contributed by atoms with Crippen molar-refractivity contribution in [2.24, 2.45) is 0 Å². The molecule has 1 heterocycles. The lowest BCUT2D eigenvalue weighted by atomic mass is 9.88. The molecule has 0 saturated heterocycles. The summed E-state index contributed by atoms with van der Waals surface area (Å²) in [7, 11) is 0. The van der Waals surface area contributed by atoms with Crippen LogP contribution >= 0.6 is 0 Å².